The van der Waals surface area contributed by atoms with Gasteiger partial charge in [-0.1, -0.05) is 31.4 Å². The summed E-state index contributed by atoms with van der Waals surface area (Å²) >= 11 is 0. The molecule has 0 aromatic rings. The number of hydrogen-bond donors (Lipinski definition) is 2. The second kappa shape index (κ2) is 6.81. The Hall–Kier alpha value is -1.89. The van der Waals surface area contributed by atoms with Gasteiger partial charge in [0.2, 0.25) is 17.7 Å². The van der Waals surface area contributed by atoms with Gasteiger partial charge in [-0.15, -0.1) is 0 Å². The van der Waals surface area contributed by atoms with Crippen LogP contribution in [0.25, 0.3) is 0 Å². The average molecular weight is 416 g/mol. The molecule has 7 heteroatoms. The molecule has 0 unspecified atom stereocenters. The molecule has 1 spiro atoms. The highest BCUT2D eigenvalue weighted by Gasteiger charge is 2.74. The third-order valence-corrected chi connectivity index (χ3v) is 7.25. The van der Waals surface area contributed by atoms with Gasteiger partial charge in [0.25, 0.3) is 0 Å². The van der Waals surface area contributed by atoms with Gasteiger partial charge in [-0.05, 0) is 46.5 Å². The van der Waals surface area contributed by atoms with Gasteiger partial charge in [0.15, 0.2) is 0 Å². The van der Waals surface area contributed by atoms with Gasteiger partial charge in [-0.3, -0.25) is 14.4 Å². The van der Waals surface area contributed by atoms with Crippen LogP contribution in [0.3, 0.4) is 0 Å². The third-order valence-electron chi connectivity index (χ3n) is 7.25. The van der Waals surface area contributed by atoms with Crippen LogP contribution in [-0.2, 0) is 19.1 Å². The van der Waals surface area contributed by atoms with Gasteiger partial charge in [0, 0.05) is 17.6 Å². The Morgan fingerprint density at radius 2 is 1.80 bits per heavy atom. The number of nitrogens with one attached hydrogen (secondary N) is 2. The number of carbonyl (C=O) groups excluding carboxylic acids is 3. The average Bonchev–Trinajstić information content (AvgIpc) is 3.26. The summed E-state index contributed by atoms with van der Waals surface area (Å²) in [7, 11) is 0. The van der Waals surface area contributed by atoms with Gasteiger partial charge >= 0.3 is 0 Å². The number of hydrogen-bond acceptors (Lipinski definition) is 4. The maximum atomic E-state index is 13.6. The van der Waals surface area contributed by atoms with Crippen LogP contribution in [0.2, 0.25) is 0 Å². The van der Waals surface area contributed by atoms with E-state index in [9.17, 15) is 14.4 Å². The molecular weight excluding hydrogens is 382 g/mol. The van der Waals surface area contributed by atoms with Gasteiger partial charge in [0.05, 0.1) is 17.9 Å². The van der Waals surface area contributed by atoms with Crippen molar-refractivity contribution in [2.45, 2.75) is 101 Å². The summed E-state index contributed by atoms with van der Waals surface area (Å²) < 4.78 is 6.34. The first-order valence-electron chi connectivity index (χ1n) is 11.5. The van der Waals surface area contributed by atoms with E-state index >= 15 is 0 Å². The standard InChI is InChI=1S/C23H33N3O4/c1-22(2,3)25-20(28)18-23-12-11-15(30-23)16(17(23)21(29)26(18)14-9-10-14)19(27)24-13-7-5-4-6-8-13/h11-18H,4-10H2,1-3H3,(H,24,27)(H,25,28)/t15-,16+,17-,18-,23+/m1/s1. The van der Waals surface area contributed by atoms with E-state index in [2.05, 4.69) is 10.6 Å². The van der Waals surface area contributed by atoms with Crippen LogP contribution in [0.1, 0.15) is 65.7 Å². The van der Waals surface area contributed by atoms with Gasteiger partial charge in [-0.2, -0.15) is 0 Å². The minimum absolute atomic E-state index is 0.0753. The molecule has 5 rings (SSSR count). The summed E-state index contributed by atoms with van der Waals surface area (Å²) in [6, 6.07) is -0.455. The molecule has 2 saturated heterocycles. The van der Waals surface area contributed by atoms with Gasteiger partial charge in [0.1, 0.15) is 11.6 Å². The zero-order chi connectivity index (χ0) is 21.3. The lowest BCUT2D eigenvalue weighted by molar-refractivity contribution is -0.143. The molecule has 2 bridgehead atoms. The van der Waals surface area contributed by atoms with E-state index in [4.69, 9.17) is 4.74 Å². The second-order valence-corrected chi connectivity index (χ2v) is 10.8. The lowest BCUT2D eigenvalue weighted by Gasteiger charge is -2.34. The van der Waals surface area contributed by atoms with Crippen molar-refractivity contribution in [2.24, 2.45) is 11.8 Å². The summed E-state index contributed by atoms with van der Waals surface area (Å²) in [5, 5.41) is 6.24. The van der Waals surface area contributed by atoms with Crippen molar-refractivity contribution < 1.29 is 19.1 Å². The SMILES string of the molecule is CC(C)(C)NC(=O)[C@H]1N(C2CC2)C(=O)[C@H]2[C@@H](C(=O)NC3CCCCC3)[C@H]3C=C[C@]21O3. The minimum Gasteiger partial charge on any atom is -0.359 e. The van der Waals surface area contributed by atoms with Crippen molar-refractivity contribution in [3.63, 3.8) is 0 Å². The van der Waals surface area contributed by atoms with Crippen molar-refractivity contribution in [1.29, 1.82) is 0 Å². The molecule has 164 valence electrons. The number of amides is 3. The number of nitrogens with zero attached hydrogens (tertiary/aromatic N) is 1. The number of likely N-dealkylation sites (tertiary alicyclic amines) is 1. The van der Waals surface area contributed by atoms with Gasteiger partial charge < -0.3 is 20.3 Å². The van der Waals surface area contributed by atoms with Crippen LogP contribution >= 0.6 is 0 Å². The lowest BCUT2D eigenvalue weighted by Crippen LogP contribution is -2.58. The number of carbonyl (C=O) groups is 3. The van der Waals surface area contributed by atoms with Crippen LogP contribution in [0.5, 0.6) is 0 Å². The second-order valence-electron chi connectivity index (χ2n) is 10.8. The van der Waals surface area contributed by atoms with Crippen LogP contribution < -0.4 is 10.6 Å². The van der Waals surface area contributed by atoms with E-state index in [-0.39, 0.29) is 29.8 Å². The fourth-order valence-electron chi connectivity index (χ4n) is 5.93. The Morgan fingerprint density at radius 1 is 1.10 bits per heavy atom. The molecule has 0 radical (unpaired) electrons. The highest BCUT2D eigenvalue weighted by Crippen LogP contribution is 2.57. The molecule has 3 amide bonds. The van der Waals surface area contributed by atoms with E-state index in [1.54, 1.807) is 4.90 Å². The van der Waals surface area contributed by atoms with Crippen LogP contribution in [0.4, 0.5) is 0 Å². The Kier molecular flexibility index (Phi) is 4.55. The largest absolute Gasteiger partial charge is 0.359 e. The lowest BCUT2D eigenvalue weighted by atomic mass is 9.74. The maximum Gasteiger partial charge on any atom is 0.246 e. The summed E-state index contributed by atoms with van der Waals surface area (Å²) in [5.74, 6) is -1.55. The highest BCUT2D eigenvalue weighted by atomic mass is 16.5. The Bertz CT molecular complexity index is 793. The molecule has 0 aromatic heterocycles. The van der Waals surface area contributed by atoms with E-state index in [0.717, 1.165) is 38.5 Å². The fourth-order valence-corrected chi connectivity index (χ4v) is 5.93. The van der Waals surface area contributed by atoms with Crippen LogP contribution in [-0.4, -0.2) is 58.0 Å². The Labute approximate surface area is 178 Å². The zero-order valence-corrected chi connectivity index (χ0v) is 18.1. The summed E-state index contributed by atoms with van der Waals surface area (Å²) in [6.07, 6.45) is 10.6. The zero-order valence-electron chi connectivity index (χ0n) is 18.1. The predicted octanol–water partition coefficient (Wildman–Crippen LogP) is 1.66. The fraction of sp³-hybridized carbons (Fsp3) is 0.783. The summed E-state index contributed by atoms with van der Waals surface area (Å²) in [4.78, 5) is 42.0. The van der Waals surface area contributed by atoms with Crippen molar-refractivity contribution in [1.82, 2.24) is 15.5 Å². The number of ether oxygens (including phenoxy) is 1. The van der Waals surface area contributed by atoms with Crippen LogP contribution in [0, 0.1) is 11.8 Å². The first-order chi connectivity index (χ1) is 14.2. The molecule has 4 fully saturated rings. The van der Waals surface area contributed by atoms with Gasteiger partial charge in [-0.25, -0.2) is 0 Å². The van der Waals surface area contributed by atoms with Crippen LogP contribution in [0.15, 0.2) is 12.2 Å². The molecule has 30 heavy (non-hydrogen) atoms. The quantitative estimate of drug-likeness (QED) is 0.684. The van der Waals surface area contributed by atoms with E-state index in [1.165, 1.54) is 6.42 Å². The van der Waals surface area contributed by atoms with E-state index in [0.29, 0.717) is 0 Å². The molecule has 2 N–H and O–H groups in total. The molecule has 0 aromatic carbocycles. The van der Waals surface area contributed by atoms with Crippen molar-refractivity contribution in [3.8, 4) is 0 Å². The predicted molar refractivity (Wildman–Crippen MR) is 110 cm³/mol. The molecule has 3 heterocycles. The summed E-state index contributed by atoms with van der Waals surface area (Å²) in [6.45, 7) is 5.80. The van der Waals surface area contributed by atoms with Crippen molar-refractivity contribution >= 4 is 17.7 Å². The first kappa shape index (κ1) is 20.0. The molecule has 7 nitrogen and oxygen atoms in total. The monoisotopic (exact) mass is 415 g/mol. The highest BCUT2D eigenvalue weighted by molar-refractivity contribution is 6.00. The third kappa shape index (κ3) is 3.08. The van der Waals surface area contributed by atoms with Crippen molar-refractivity contribution in [2.75, 3.05) is 0 Å². The summed E-state index contributed by atoms with van der Waals surface area (Å²) in [5.41, 5.74) is -1.45. The topological polar surface area (TPSA) is 87.7 Å². The van der Waals surface area contributed by atoms with E-state index < -0.39 is 35.1 Å². The molecular formula is C23H33N3O4. The van der Waals surface area contributed by atoms with E-state index in [1.807, 2.05) is 32.9 Å². The molecule has 5 aliphatic rings. The number of rotatable bonds is 4. The number of fused-ring (bicyclic) bond motifs is 1. The first-order valence-corrected chi connectivity index (χ1v) is 11.5. The van der Waals surface area contributed by atoms with Crippen molar-refractivity contribution in [3.05, 3.63) is 12.2 Å². The smallest absolute Gasteiger partial charge is 0.246 e. The normalized spacial score (nSPS) is 38.1. The maximum absolute atomic E-state index is 13.6. The molecule has 3 aliphatic heterocycles. The molecule has 2 aliphatic carbocycles. The Balaban J connectivity index is 1.44. The minimum atomic E-state index is -1.03. The molecule has 2 saturated carbocycles. The Morgan fingerprint density at radius 3 is 2.43 bits per heavy atom. The molecule has 5 atom stereocenters.